The predicted molar refractivity (Wildman–Crippen MR) is 61.6 cm³/mol. The van der Waals surface area contributed by atoms with Gasteiger partial charge < -0.3 is 14.8 Å². The molecule has 0 aromatic carbocycles. The highest BCUT2D eigenvalue weighted by atomic mass is 32.1. The summed E-state index contributed by atoms with van der Waals surface area (Å²) in [5.74, 6) is 0. The van der Waals surface area contributed by atoms with E-state index in [0.29, 0.717) is 0 Å². The van der Waals surface area contributed by atoms with E-state index >= 15 is 0 Å². The second-order valence-corrected chi connectivity index (χ2v) is 5.08. The van der Waals surface area contributed by atoms with Crippen molar-refractivity contribution in [2.45, 2.75) is 25.0 Å². The highest BCUT2D eigenvalue weighted by Crippen LogP contribution is 2.31. The summed E-state index contributed by atoms with van der Waals surface area (Å²) < 4.78 is 11.1. The molecule has 1 N–H and O–H groups in total. The van der Waals surface area contributed by atoms with Crippen LogP contribution >= 0.6 is 11.3 Å². The molecule has 2 unspecified atom stereocenters. The summed E-state index contributed by atoms with van der Waals surface area (Å²) >= 11 is 1.71. The van der Waals surface area contributed by atoms with Crippen LogP contribution in [-0.2, 0) is 9.47 Å². The molecular formula is C11H16N2O2S. The van der Waals surface area contributed by atoms with E-state index in [9.17, 15) is 0 Å². The molecule has 2 aliphatic heterocycles. The number of nitrogens with one attached hydrogen (secondary N) is 1. The Hall–Kier alpha value is -0.490. The molecule has 0 bridgehead atoms. The number of hydrogen-bond acceptors (Lipinski definition) is 5. The van der Waals surface area contributed by atoms with E-state index in [1.807, 2.05) is 0 Å². The van der Waals surface area contributed by atoms with Crippen LogP contribution in [-0.4, -0.2) is 31.3 Å². The standard InChI is InChI=1S/C11H16N2O2S/c1-2-10(15-4-1)11-13-9(7-16-11)8-6-14-5-3-12-8/h7-8,10,12H,1-6H2. The first kappa shape index (κ1) is 10.7. The normalized spacial score (nSPS) is 30.8. The Morgan fingerprint density at radius 3 is 3.19 bits per heavy atom. The van der Waals surface area contributed by atoms with Crippen LogP contribution in [0.1, 0.15) is 35.7 Å². The van der Waals surface area contributed by atoms with Gasteiger partial charge in [0.2, 0.25) is 0 Å². The lowest BCUT2D eigenvalue weighted by Crippen LogP contribution is -2.34. The SMILES string of the molecule is c1sc(C2CCCO2)nc1C1COCCN1. The van der Waals surface area contributed by atoms with Crippen LogP contribution in [0.25, 0.3) is 0 Å². The molecule has 5 heteroatoms. The van der Waals surface area contributed by atoms with Crippen LogP contribution in [0.2, 0.25) is 0 Å². The molecule has 2 fully saturated rings. The third-order valence-corrected chi connectivity index (χ3v) is 3.98. The molecule has 2 atom stereocenters. The van der Waals surface area contributed by atoms with Crippen LogP contribution < -0.4 is 5.32 Å². The van der Waals surface area contributed by atoms with Crippen LogP contribution in [0.4, 0.5) is 0 Å². The molecule has 0 radical (unpaired) electrons. The summed E-state index contributed by atoms with van der Waals surface area (Å²) in [6, 6.07) is 0.264. The summed E-state index contributed by atoms with van der Waals surface area (Å²) in [5.41, 5.74) is 1.11. The van der Waals surface area contributed by atoms with Gasteiger partial charge in [0.05, 0.1) is 24.9 Å². The smallest absolute Gasteiger partial charge is 0.122 e. The van der Waals surface area contributed by atoms with E-state index in [1.165, 1.54) is 0 Å². The Kier molecular flexibility index (Phi) is 3.19. The van der Waals surface area contributed by atoms with Crippen molar-refractivity contribution in [1.29, 1.82) is 0 Å². The maximum Gasteiger partial charge on any atom is 0.122 e. The van der Waals surface area contributed by atoms with Crippen molar-refractivity contribution < 1.29 is 9.47 Å². The number of rotatable bonds is 2. The highest BCUT2D eigenvalue weighted by molar-refractivity contribution is 7.09. The summed E-state index contributed by atoms with van der Waals surface area (Å²) in [4.78, 5) is 4.67. The monoisotopic (exact) mass is 240 g/mol. The van der Waals surface area contributed by atoms with Crippen molar-refractivity contribution in [2.24, 2.45) is 0 Å². The average molecular weight is 240 g/mol. The Morgan fingerprint density at radius 1 is 1.44 bits per heavy atom. The van der Waals surface area contributed by atoms with E-state index in [0.717, 1.165) is 49.9 Å². The number of nitrogens with zero attached hydrogens (tertiary/aromatic N) is 1. The van der Waals surface area contributed by atoms with E-state index in [4.69, 9.17) is 9.47 Å². The Morgan fingerprint density at radius 2 is 2.44 bits per heavy atom. The first-order valence-electron chi connectivity index (χ1n) is 5.81. The van der Waals surface area contributed by atoms with Gasteiger partial charge in [0.1, 0.15) is 11.1 Å². The molecule has 88 valence electrons. The summed E-state index contributed by atoms with van der Waals surface area (Å²) in [7, 11) is 0. The zero-order valence-electron chi connectivity index (χ0n) is 9.15. The highest BCUT2D eigenvalue weighted by Gasteiger charge is 2.23. The molecule has 3 rings (SSSR count). The molecule has 3 heterocycles. The number of morpholine rings is 1. The fourth-order valence-corrected chi connectivity index (χ4v) is 3.09. The van der Waals surface area contributed by atoms with Crippen LogP contribution in [0, 0.1) is 0 Å². The molecule has 0 saturated carbocycles. The molecule has 0 aliphatic carbocycles. The van der Waals surface area contributed by atoms with Gasteiger partial charge in [-0.15, -0.1) is 11.3 Å². The molecule has 2 saturated heterocycles. The molecule has 16 heavy (non-hydrogen) atoms. The minimum atomic E-state index is 0.239. The molecule has 4 nitrogen and oxygen atoms in total. The van der Waals surface area contributed by atoms with Gasteiger partial charge in [-0.2, -0.15) is 0 Å². The van der Waals surface area contributed by atoms with Crippen molar-refractivity contribution >= 4 is 11.3 Å². The van der Waals surface area contributed by atoms with Gasteiger partial charge in [-0.05, 0) is 12.8 Å². The van der Waals surface area contributed by atoms with E-state index in [-0.39, 0.29) is 12.1 Å². The maximum absolute atomic E-state index is 5.64. The van der Waals surface area contributed by atoms with E-state index in [2.05, 4.69) is 15.7 Å². The molecule has 0 amide bonds. The van der Waals surface area contributed by atoms with Crippen molar-refractivity contribution in [3.05, 3.63) is 16.1 Å². The van der Waals surface area contributed by atoms with E-state index < -0.39 is 0 Å². The van der Waals surface area contributed by atoms with E-state index in [1.54, 1.807) is 11.3 Å². The largest absolute Gasteiger partial charge is 0.378 e. The lowest BCUT2D eigenvalue weighted by molar-refractivity contribution is 0.0753. The Balaban J connectivity index is 1.71. The number of aromatic nitrogens is 1. The fraction of sp³-hybridized carbons (Fsp3) is 0.727. The van der Waals surface area contributed by atoms with Crippen molar-refractivity contribution in [2.75, 3.05) is 26.4 Å². The maximum atomic E-state index is 5.64. The van der Waals surface area contributed by atoms with Crippen molar-refractivity contribution in [1.82, 2.24) is 10.3 Å². The molecule has 1 aromatic rings. The zero-order chi connectivity index (χ0) is 10.8. The van der Waals surface area contributed by atoms with Gasteiger partial charge in [0.25, 0.3) is 0 Å². The van der Waals surface area contributed by atoms with Gasteiger partial charge in [0, 0.05) is 18.5 Å². The Labute approximate surface area is 99.0 Å². The average Bonchev–Trinajstić information content (AvgIpc) is 3.01. The minimum Gasteiger partial charge on any atom is -0.378 e. The quantitative estimate of drug-likeness (QED) is 0.853. The first-order valence-corrected chi connectivity index (χ1v) is 6.69. The summed E-state index contributed by atoms with van der Waals surface area (Å²) in [6.45, 7) is 3.33. The topological polar surface area (TPSA) is 43.4 Å². The van der Waals surface area contributed by atoms with Crippen molar-refractivity contribution in [3.8, 4) is 0 Å². The lowest BCUT2D eigenvalue weighted by atomic mass is 10.2. The first-order chi connectivity index (χ1) is 7.93. The lowest BCUT2D eigenvalue weighted by Gasteiger charge is -2.22. The van der Waals surface area contributed by atoms with Crippen LogP contribution in [0.3, 0.4) is 0 Å². The predicted octanol–water partition coefficient (Wildman–Crippen LogP) is 1.66. The van der Waals surface area contributed by atoms with Gasteiger partial charge in [0.15, 0.2) is 0 Å². The van der Waals surface area contributed by atoms with Gasteiger partial charge in [-0.3, -0.25) is 0 Å². The fourth-order valence-electron chi connectivity index (χ4n) is 2.14. The van der Waals surface area contributed by atoms with Crippen LogP contribution in [0.5, 0.6) is 0 Å². The second kappa shape index (κ2) is 4.79. The summed E-state index contributed by atoms with van der Waals surface area (Å²) in [5, 5.41) is 6.67. The van der Waals surface area contributed by atoms with Gasteiger partial charge in [-0.25, -0.2) is 4.98 Å². The van der Waals surface area contributed by atoms with Crippen molar-refractivity contribution in [3.63, 3.8) is 0 Å². The number of thiazole rings is 1. The molecular weight excluding hydrogens is 224 g/mol. The Bertz CT molecular complexity index is 344. The van der Waals surface area contributed by atoms with Gasteiger partial charge in [-0.1, -0.05) is 0 Å². The zero-order valence-corrected chi connectivity index (χ0v) is 9.96. The number of hydrogen-bond donors (Lipinski definition) is 1. The second-order valence-electron chi connectivity index (χ2n) is 4.19. The minimum absolute atomic E-state index is 0.239. The molecule has 1 aromatic heterocycles. The molecule has 2 aliphatic rings. The summed E-state index contributed by atoms with van der Waals surface area (Å²) in [6.07, 6.45) is 2.51. The van der Waals surface area contributed by atoms with Crippen LogP contribution in [0.15, 0.2) is 5.38 Å². The molecule has 0 spiro atoms. The third kappa shape index (κ3) is 2.13. The third-order valence-electron chi connectivity index (χ3n) is 3.02. The van der Waals surface area contributed by atoms with Gasteiger partial charge >= 0.3 is 0 Å². The number of ether oxygens (including phenoxy) is 2.